The maximum atomic E-state index is 12.5. The SMILES string of the molecule is CC1(C)[C@@H]2OCC[C@H]2[C@H]1OC(=O)c1ccc(Cn2cccn2)cc1. The summed E-state index contributed by atoms with van der Waals surface area (Å²) in [5, 5.41) is 4.19. The third-order valence-electron chi connectivity index (χ3n) is 5.32. The molecule has 0 bridgehead atoms. The lowest BCUT2D eigenvalue weighted by atomic mass is 9.59. The minimum Gasteiger partial charge on any atom is -0.458 e. The van der Waals surface area contributed by atoms with Crippen LogP contribution in [0.5, 0.6) is 0 Å². The van der Waals surface area contributed by atoms with E-state index in [1.54, 1.807) is 6.20 Å². The maximum absolute atomic E-state index is 12.5. The first-order valence-corrected chi connectivity index (χ1v) is 8.44. The number of ether oxygens (including phenoxy) is 2. The largest absolute Gasteiger partial charge is 0.458 e. The zero-order valence-electron chi connectivity index (χ0n) is 14.0. The fourth-order valence-corrected chi connectivity index (χ4v) is 4.03. The third kappa shape index (κ3) is 2.53. The van der Waals surface area contributed by atoms with Gasteiger partial charge in [0.1, 0.15) is 6.10 Å². The lowest BCUT2D eigenvalue weighted by Gasteiger charge is -2.53. The number of aromatic nitrogens is 2. The minimum absolute atomic E-state index is 0.0544. The van der Waals surface area contributed by atoms with Crippen LogP contribution in [0.3, 0.4) is 0 Å². The molecule has 0 unspecified atom stereocenters. The van der Waals surface area contributed by atoms with Gasteiger partial charge in [0.25, 0.3) is 0 Å². The van der Waals surface area contributed by atoms with Gasteiger partial charge < -0.3 is 9.47 Å². The summed E-state index contributed by atoms with van der Waals surface area (Å²) in [6.07, 6.45) is 4.83. The highest BCUT2D eigenvalue weighted by Crippen LogP contribution is 2.53. The molecule has 1 saturated heterocycles. The average molecular weight is 326 g/mol. The van der Waals surface area contributed by atoms with Crippen LogP contribution in [0, 0.1) is 11.3 Å². The summed E-state index contributed by atoms with van der Waals surface area (Å²) in [7, 11) is 0. The fraction of sp³-hybridized carbons (Fsp3) is 0.474. The smallest absolute Gasteiger partial charge is 0.338 e. The number of benzene rings is 1. The predicted octanol–water partition coefficient (Wildman–Crippen LogP) is 2.90. The Morgan fingerprint density at radius 3 is 2.88 bits per heavy atom. The second-order valence-corrected chi connectivity index (χ2v) is 7.29. The molecule has 2 aromatic rings. The minimum atomic E-state index is -0.246. The van der Waals surface area contributed by atoms with Crippen molar-refractivity contribution in [1.29, 1.82) is 0 Å². The summed E-state index contributed by atoms with van der Waals surface area (Å²) in [4.78, 5) is 12.5. The van der Waals surface area contributed by atoms with Crippen LogP contribution in [0.2, 0.25) is 0 Å². The van der Waals surface area contributed by atoms with Crippen LogP contribution in [0.4, 0.5) is 0 Å². The molecule has 0 N–H and O–H groups in total. The van der Waals surface area contributed by atoms with E-state index in [1.165, 1.54) is 0 Å². The van der Waals surface area contributed by atoms with E-state index in [0.717, 1.165) is 18.6 Å². The highest BCUT2D eigenvalue weighted by molar-refractivity contribution is 5.89. The number of hydrogen-bond donors (Lipinski definition) is 0. The van der Waals surface area contributed by atoms with E-state index in [0.29, 0.717) is 18.0 Å². The standard InChI is InChI=1S/C19H22N2O3/c1-19(2)16-15(8-11-23-16)17(19)24-18(22)14-6-4-13(5-7-14)12-21-10-3-9-20-21/h3-7,9-10,15-17H,8,11-12H2,1-2H3/t15-,16-,17-/m1/s1. The van der Waals surface area contributed by atoms with Crippen LogP contribution in [0.1, 0.15) is 36.2 Å². The van der Waals surface area contributed by atoms with Crippen molar-refractivity contribution in [2.75, 3.05) is 6.61 Å². The number of carbonyl (C=O) groups excluding carboxylic acids is 1. The summed E-state index contributed by atoms with van der Waals surface area (Å²) in [6.45, 7) is 5.70. The lowest BCUT2D eigenvalue weighted by Crippen LogP contribution is -2.61. The van der Waals surface area contributed by atoms with Crippen LogP contribution in [-0.2, 0) is 16.0 Å². The molecule has 126 valence electrons. The molecule has 4 rings (SSSR count). The summed E-state index contributed by atoms with van der Waals surface area (Å²) >= 11 is 0. The normalized spacial score (nSPS) is 27.3. The molecule has 1 saturated carbocycles. The van der Waals surface area contributed by atoms with Crippen molar-refractivity contribution in [2.45, 2.75) is 39.0 Å². The van der Waals surface area contributed by atoms with E-state index < -0.39 is 0 Å². The number of fused-ring (bicyclic) bond motifs is 1. The Balaban J connectivity index is 1.41. The van der Waals surface area contributed by atoms with Gasteiger partial charge in [0, 0.05) is 30.3 Å². The molecular weight excluding hydrogens is 304 g/mol. The molecule has 0 spiro atoms. The average Bonchev–Trinajstić information content (AvgIpc) is 3.23. The molecule has 24 heavy (non-hydrogen) atoms. The summed E-state index contributed by atoms with van der Waals surface area (Å²) in [6, 6.07) is 9.45. The highest BCUT2D eigenvalue weighted by Gasteiger charge is 2.61. The van der Waals surface area contributed by atoms with Crippen molar-refractivity contribution in [2.24, 2.45) is 11.3 Å². The van der Waals surface area contributed by atoms with E-state index >= 15 is 0 Å². The number of carbonyl (C=O) groups is 1. The van der Waals surface area contributed by atoms with Gasteiger partial charge in [0.2, 0.25) is 0 Å². The Morgan fingerprint density at radius 1 is 1.38 bits per heavy atom. The summed E-state index contributed by atoms with van der Waals surface area (Å²) in [5.41, 5.74) is 1.59. The van der Waals surface area contributed by atoms with E-state index in [4.69, 9.17) is 9.47 Å². The second-order valence-electron chi connectivity index (χ2n) is 7.29. The molecule has 5 heteroatoms. The van der Waals surface area contributed by atoms with Crippen LogP contribution < -0.4 is 0 Å². The maximum Gasteiger partial charge on any atom is 0.338 e. The molecule has 0 amide bonds. The Hall–Kier alpha value is -2.14. The first-order valence-electron chi connectivity index (χ1n) is 8.44. The molecule has 1 aromatic heterocycles. The van der Waals surface area contributed by atoms with Crippen molar-refractivity contribution in [3.63, 3.8) is 0 Å². The number of nitrogens with zero attached hydrogens (tertiary/aromatic N) is 2. The van der Waals surface area contributed by atoms with Gasteiger partial charge in [-0.05, 0) is 30.2 Å². The molecule has 2 fully saturated rings. The van der Waals surface area contributed by atoms with Crippen molar-refractivity contribution < 1.29 is 14.3 Å². The topological polar surface area (TPSA) is 53.4 Å². The highest BCUT2D eigenvalue weighted by atomic mass is 16.6. The first-order chi connectivity index (χ1) is 11.6. The molecule has 2 aliphatic rings. The van der Waals surface area contributed by atoms with E-state index in [9.17, 15) is 4.79 Å². The van der Waals surface area contributed by atoms with Crippen LogP contribution in [0.15, 0.2) is 42.7 Å². The van der Waals surface area contributed by atoms with Gasteiger partial charge in [-0.25, -0.2) is 4.79 Å². The van der Waals surface area contributed by atoms with Gasteiger partial charge in [-0.1, -0.05) is 26.0 Å². The lowest BCUT2D eigenvalue weighted by molar-refractivity contribution is -0.183. The molecule has 5 nitrogen and oxygen atoms in total. The quantitative estimate of drug-likeness (QED) is 0.811. The molecule has 3 atom stereocenters. The monoisotopic (exact) mass is 326 g/mol. The van der Waals surface area contributed by atoms with Crippen molar-refractivity contribution in [3.05, 3.63) is 53.9 Å². The number of hydrogen-bond acceptors (Lipinski definition) is 4. The van der Waals surface area contributed by atoms with Crippen LogP contribution in [-0.4, -0.2) is 34.6 Å². The van der Waals surface area contributed by atoms with Crippen LogP contribution >= 0.6 is 0 Å². The van der Waals surface area contributed by atoms with Crippen LogP contribution in [0.25, 0.3) is 0 Å². The third-order valence-corrected chi connectivity index (χ3v) is 5.32. The first kappa shape index (κ1) is 15.4. The Bertz CT molecular complexity index is 722. The zero-order chi connectivity index (χ0) is 16.7. The van der Waals surface area contributed by atoms with Crippen molar-refractivity contribution >= 4 is 5.97 Å². The van der Waals surface area contributed by atoms with E-state index in [1.807, 2.05) is 41.2 Å². The fourth-order valence-electron chi connectivity index (χ4n) is 4.03. The Labute approximate surface area is 141 Å². The van der Waals surface area contributed by atoms with Gasteiger partial charge in [-0.15, -0.1) is 0 Å². The van der Waals surface area contributed by atoms with Gasteiger partial charge in [-0.3, -0.25) is 4.68 Å². The van der Waals surface area contributed by atoms with E-state index in [-0.39, 0.29) is 23.6 Å². The number of esters is 1. The summed E-state index contributed by atoms with van der Waals surface area (Å²) < 4.78 is 13.4. The molecule has 0 radical (unpaired) electrons. The Kier molecular flexibility index (Phi) is 3.68. The molecule has 2 heterocycles. The number of rotatable bonds is 4. The van der Waals surface area contributed by atoms with Crippen molar-refractivity contribution in [3.8, 4) is 0 Å². The van der Waals surface area contributed by atoms with Gasteiger partial charge in [-0.2, -0.15) is 5.10 Å². The van der Waals surface area contributed by atoms with Crippen molar-refractivity contribution in [1.82, 2.24) is 9.78 Å². The zero-order valence-corrected chi connectivity index (χ0v) is 14.0. The van der Waals surface area contributed by atoms with Gasteiger partial charge >= 0.3 is 5.97 Å². The Morgan fingerprint density at radius 2 is 2.17 bits per heavy atom. The molecular formula is C19H22N2O3. The van der Waals surface area contributed by atoms with E-state index in [2.05, 4.69) is 18.9 Å². The summed E-state index contributed by atoms with van der Waals surface area (Å²) in [5.74, 6) is 0.104. The molecule has 1 aliphatic carbocycles. The molecule has 1 aromatic carbocycles. The van der Waals surface area contributed by atoms with Gasteiger partial charge in [0.15, 0.2) is 0 Å². The van der Waals surface area contributed by atoms with Gasteiger partial charge in [0.05, 0.1) is 18.2 Å². The predicted molar refractivity (Wildman–Crippen MR) is 88.6 cm³/mol. The second kappa shape index (κ2) is 5.74. The molecule has 1 aliphatic heterocycles.